The van der Waals surface area contributed by atoms with Gasteiger partial charge in [0.05, 0.1) is 0 Å². The molecule has 1 aliphatic rings. The summed E-state index contributed by atoms with van der Waals surface area (Å²) >= 11 is 0. The van der Waals surface area contributed by atoms with Gasteiger partial charge >= 0.3 is 0 Å². The van der Waals surface area contributed by atoms with E-state index in [4.69, 9.17) is 0 Å². The summed E-state index contributed by atoms with van der Waals surface area (Å²) in [4.78, 5) is 10.1. The van der Waals surface area contributed by atoms with Crippen LogP contribution in [-0.2, 0) is 0 Å². The van der Waals surface area contributed by atoms with Crippen molar-refractivity contribution in [2.45, 2.75) is 32.6 Å². The Balaban J connectivity index is 2.35. The van der Waals surface area contributed by atoms with E-state index in [1.807, 2.05) is 0 Å². The fourth-order valence-corrected chi connectivity index (χ4v) is 1.75. The van der Waals surface area contributed by atoms with Gasteiger partial charge in [-0.05, 0) is 25.2 Å². The molecule has 0 aromatic rings. The molecular formula is C7H13NOP-. The van der Waals surface area contributed by atoms with Crippen LogP contribution in [0.25, 0.3) is 0 Å². The zero-order chi connectivity index (χ0) is 7.40. The topological polar surface area (TPSA) is 35.4 Å². The molecule has 1 rings (SSSR count). The van der Waals surface area contributed by atoms with Gasteiger partial charge in [0.2, 0.25) is 0 Å². The predicted molar refractivity (Wildman–Crippen MR) is 43.4 cm³/mol. The third-order valence-electron chi connectivity index (χ3n) is 2.15. The summed E-state index contributed by atoms with van der Waals surface area (Å²) in [6.07, 6.45) is 4.65. The first-order valence-corrected chi connectivity index (χ1v) is 4.65. The van der Waals surface area contributed by atoms with E-state index in [1.165, 1.54) is 18.6 Å². The monoisotopic (exact) mass is 158 g/mol. The SMILES string of the molecule is CCC1CCC(=NP[O-])C1. The Morgan fingerprint density at radius 2 is 2.60 bits per heavy atom. The molecule has 0 radical (unpaired) electrons. The molecule has 0 aliphatic heterocycles. The van der Waals surface area contributed by atoms with E-state index in [2.05, 4.69) is 11.7 Å². The van der Waals surface area contributed by atoms with Crippen molar-refractivity contribution in [1.29, 1.82) is 0 Å². The third kappa shape index (κ3) is 2.03. The zero-order valence-electron chi connectivity index (χ0n) is 6.26. The molecule has 0 heterocycles. The van der Waals surface area contributed by atoms with Crippen LogP contribution < -0.4 is 4.89 Å². The van der Waals surface area contributed by atoms with Crippen LogP contribution in [0.5, 0.6) is 0 Å². The highest BCUT2D eigenvalue weighted by Crippen LogP contribution is 2.26. The van der Waals surface area contributed by atoms with E-state index >= 15 is 0 Å². The van der Waals surface area contributed by atoms with Crippen LogP contribution in [0.15, 0.2) is 4.76 Å². The lowest BCUT2D eigenvalue weighted by Gasteiger charge is -2.01. The summed E-state index contributed by atoms with van der Waals surface area (Å²) in [6, 6.07) is 0. The van der Waals surface area contributed by atoms with Gasteiger partial charge in [-0.1, -0.05) is 22.3 Å². The molecule has 0 amide bonds. The maximum atomic E-state index is 10.1. The maximum absolute atomic E-state index is 10.1. The number of nitrogens with zero attached hydrogens (tertiary/aromatic N) is 1. The first-order chi connectivity index (χ1) is 4.86. The van der Waals surface area contributed by atoms with Gasteiger partial charge in [0.25, 0.3) is 0 Å². The van der Waals surface area contributed by atoms with Crippen molar-refractivity contribution in [2.24, 2.45) is 10.7 Å². The molecule has 1 aliphatic carbocycles. The molecule has 0 saturated heterocycles. The molecule has 1 fully saturated rings. The largest absolute Gasteiger partial charge is 0.814 e. The Bertz CT molecular complexity index is 136. The molecule has 0 aromatic heterocycles. The van der Waals surface area contributed by atoms with Gasteiger partial charge in [0.15, 0.2) is 0 Å². The molecule has 0 aromatic carbocycles. The van der Waals surface area contributed by atoms with E-state index in [0.29, 0.717) is 0 Å². The van der Waals surface area contributed by atoms with E-state index < -0.39 is 8.96 Å². The molecule has 0 bridgehead atoms. The van der Waals surface area contributed by atoms with Crippen LogP contribution in [-0.4, -0.2) is 5.71 Å². The average molecular weight is 158 g/mol. The molecule has 58 valence electrons. The fourth-order valence-electron chi connectivity index (χ4n) is 1.42. The highest BCUT2D eigenvalue weighted by atomic mass is 31.1. The van der Waals surface area contributed by atoms with Crippen LogP contribution in [0.2, 0.25) is 0 Å². The molecule has 2 nitrogen and oxygen atoms in total. The standard InChI is InChI=1S/C7H13NOP/c1-2-6-3-4-7(5-6)8-10-9/h6,10H,2-5H2,1H3/q-1. The van der Waals surface area contributed by atoms with E-state index in [0.717, 1.165) is 18.8 Å². The minimum atomic E-state index is -0.479. The number of hydrogen-bond donors (Lipinski definition) is 0. The lowest BCUT2D eigenvalue weighted by Crippen LogP contribution is -1.92. The molecule has 1 saturated carbocycles. The summed E-state index contributed by atoms with van der Waals surface area (Å²) in [5.74, 6) is 0.815. The Kier molecular flexibility index (Phi) is 3.30. The Morgan fingerprint density at radius 1 is 1.80 bits per heavy atom. The van der Waals surface area contributed by atoms with Gasteiger partial charge in [-0.15, -0.1) is 0 Å². The predicted octanol–water partition coefficient (Wildman–Crippen LogP) is 1.51. The quantitative estimate of drug-likeness (QED) is 0.561. The maximum Gasteiger partial charge on any atom is 0.0152 e. The van der Waals surface area contributed by atoms with Crippen LogP contribution in [0.1, 0.15) is 32.6 Å². The minimum Gasteiger partial charge on any atom is -0.814 e. The molecule has 0 spiro atoms. The molecule has 10 heavy (non-hydrogen) atoms. The average Bonchev–Trinajstić information content (AvgIpc) is 2.37. The van der Waals surface area contributed by atoms with Crippen molar-refractivity contribution in [1.82, 2.24) is 0 Å². The van der Waals surface area contributed by atoms with Gasteiger partial charge in [0.1, 0.15) is 0 Å². The summed E-state index contributed by atoms with van der Waals surface area (Å²) in [6.45, 7) is 2.20. The Labute approximate surface area is 63.7 Å². The summed E-state index contributed by atoms with van der Waals surface area (Å²) in [5, 5.41) is 0. The van der Waals surface area contributed by atoms with Gasteiger partial charge in [0, 0.05) is 5.71 Å². The second-order valence-electron chi connectivity index (χ2n) is 2.79. The second kappa shape index (κ2) is 4.05. The number of hydrogen-bond acceptors (Lipinski definition) is 2. The third-order valence-corrected chi connectivity index (χ3v) is 2.55. The van der Waals surface area contributed by atoms with Crippen molar-refractivity contribution in [3.8, 4) is 0 Å². The van der Waals surface area contributed by atoms with Gasteiger partial charge in [-0.25, -0.2) is 0 Å². The van der Waals surface area contributed by atoms with Crippen molar-refractivity contribution in [2.75, 3.05) is 0 Å². The summed E-state index contributed by atoms with van der Waals surface area (Å²) in [7, 11) is -0.479. The highest BCUT2D eigenvalue weighted by Gasteiger charge is 2.17. The normalized spacial score (nSPS) is 31.0. The molecule has 0 N–H and O–H groups in total. The molecule has 3 heteroatoms. The van der Waals surface area contributed by atoms with Crippen LogP contribution in [0.4, 0.5) is 0 Å². The van der Waals surface area contributed by atoms with Gasteiger partial charge in [-0.3, -0.25) is 4.76 Å². The van der Waals surface area contributed by atoms with Crippen LogP contribution in [0.3, 0.4) is 0 Å². The Hall–Kier alpha value is 0.0600. The van der Waals surface area contributed by atoms with E-state index in [-0.39, 0.29) is 0 Å². The van der Waals surface area contributed by atoms with Crippen molar-refractivity contribution in [3.63, 3.8) is 0 Å². The smallest absolute Gasteiger partial charge is 0.0152 e. The van der Waals surface area contributed by atoms with E-state index in [1.54, 1.807) is 0 Å². The van der Waals surface area contributed by atoms with Gasteiger partial charge < -0.3 is 4.89 Å². The lowest BCUT2D eigenvalue weighted by molar-refractivity contribution is -0.150. The van der Waals surface area contributed by atoms with Crippen molar-refractivity contribution in [3.05, 3.63) is 0 Å². The minimum absolute atomic E-state index is 0.479. The first kappa shape index (κ1) is 8.16. The van der Waals surface area contributed by atoms with Crippen molar-refractivity contribution >= 4 is 14.7 Å². The molecular weight excluding hydrogens is 145 g/mol. The lowest BCUT2D eigenvalue weighted by atomic mass is 10.1. The zero-order valence-corrected chi connectivity index (χ0v) is 7.26. The van der Waals surface area contributed by atoms with Crippen molar-refractivity contribution < 1.29 is 4.89 Å². The van der Waals surface area contributed by atoms with Gasteiger partial charge in [-0.2, -0.15) is 0 Å². The second-order valence-corrected chi connectivity index (χ2v) is 3.19. The van der Waals surface area contributed by atoms with Crippen LogP contribution in [0, 0.1) is 5.92 Å². The Morgan fingerprint density at radius 3 is 3.10 bits per heavy atom. The molecule has 2 unspecified atom stereocenters. The van der Waals surface area contributed by atoms with Crippen LogP contribution >= 0.6 is 8.96 Å². The summed E-state index contributed by atoms with van der Waals surface area (Å²) < 4.78 is 3.91. The first-order valence-electron chi connectivity index (χ1n) is 3.79. The van der Waals surface area contributed by atoms with E-state index in [9.17, 15) is 4.89 Å². The number of rotatable bonds is 2. The molecule has 2 atom stereocenters. The summed E-state index contributed by atoms with van der Waals surface area (Å²) in [5.41, 5.74) is 1.17. The fraction of sp³-hybridized carbons (Fsp3) is 0.857. The highest BCUT2D eigenvalue weighted by molar-refractivity contribution is 7.28.